The summed E-state index contributed by atoms with van der Waals surface area (Å²) in [6.45, 7) is 0. The van der Waals surface area contributed by atoms with Crippen LogP contribution < -0.4 is 15.4 Å². The average Bonchev–Trinajstić information content (AvgIpc) is 2.68. The molecule has 0 heterocycles. The summed E-state index contributed by atoms with van der Waals surface area (Å²) >= 11 is 11.2. The van der Waals surface area contributed by atoms with Gasteiger partial charge in [0.2, 0.25) is 10.0 Å². The highest BCUT2D eigenvalue weighted by Crippen LogP contribution is 2.55. The number of hydrogen-bond acceptors (Lipinski definition) is 3. The number of thiocarbonyl (C=S) groups is 1. The highest BCUT2D eigenvalue weighted by atomic mass is 35.5. The van der Waals surface area contributed by atoms with Gasteiger partial charge in [0.1, 0.15) is 0 Å². The fraction of sp³-hybridized carbons (Fsp3) is 0.435. The molecule has 4 fully saturated rings. The monoisotopic (exact) mass is 475 g/mol. The van der Waals surface area contributed by atoms with Gasteiger partial charge in [-0.1, -0.05) is 11.6 Å². The summed E-state index contributed by atoms with van der Waals surface area (Å²) in [5.74, 6) is 2.07. The molecule has 4 aliphatic rings. The highest BCUT2D eigenvalue weighted by molar-refractivity contribution is 7.89. The third-order valence-electron chi connectivity index (χ3n) is 6.91. The van der Waals surface area contributed by atoms with E-state index in [1.165, 1.54) is 19.3 Å². The van der Waals surface area contributed by atoms with Crippen molar-refractivity contribution in [3.63, 3.8) is 0 Å². The van der Waals surface area contributed by atoms with Crippen molar-refractivity contribution < 1.29 is 8.42 Å². The molecule has 0 aliphatic heterocycles. The summed E-state index contributed by atoms with van der Waals surface area (Å²) in [6, 6.07) is 14.0. The maximum absolute atomic E-state index is 13.1. The molecule has 6 rings (SSSR count). The standard InChI is InChI=1S/C23H26ClN3O2S2/c24-18-1-3-19(4-2-18)25-22(30)26-20-5-7-21(8-6-20)31(28,29)27-23-12-15-9-16(13-23)11-17(10-15)14-23/h1-8,15-17,27H,9-14H2,(H2,25,26,30). The minimum absolute atomic E-state index is 0.241. The van der Waals surface area contributed by atoms with Gasteiger partial charge in [-0.3, -0.25) is 0 Å². The van der Waals surface area contributed by atoms with E-state index < -0.39 is 10.0 Å². The number of rotatable bonds is 5. The lowest BCUT2D eigenvalue weighted by molar-refractivity contribution is -0.00810. The Labute approximate surface area is 194 Å². The lowest BCUT2D eigenvalue weighted by atomic mass is 9.53. The van der Waals surface area contributed by atoms with E-state index in [2.05, 4.69) is 15.4 Å². The van der Waals surface area contributed by atoms with Gasteiger partial charge in [0.15, 0.2) is 5.11 Å². The summed E-state index contributed by atoms with van der Waals surface area (Å²) in [6.07, 6.45) is 6.81. The second-order valence-electron chi connectivity index (χ2n) is 9.41. The Morgan fingerprint density at radius 2 is 1.29 bits per heavy atom. The molecule has 5 nitrogen and oxygen atoms in total. The lowest BCUT2D eigenvalue weighted by Crippen LogP contribution is -2.59. The van der Waals surface area contributed by atoms with Crippen LogP contribution in [-0.4, -0.2) is 19.1 Å². The normalized spacial score (nSPS) is 29.0. The van der Waals surface area contributed by atoms with E-state index in [9.17, 15) is 8.42 Å². The third-order valence-corrected chi connectivity index (χ3v) is 8.96. The van der Waals surface area contributed by atoms with Crippen LogP contribution in [0.2, 0.25) is 5.02 Å². The van der Waals surface area contributed by atoms with Gasteiger partial charge < -0.3 is 10.6 Å². The van der Waals surface area contributed by atoms with E-state index in [0.717, 1.165) is 30.6 Å². The predicted octanol–water partition coefficient (Wildman–Crippen LogP) is 5.40. The third kappa shape index (κ3) is 4.60. The molecular formula is C23H26ClN3O2S2. The van der Waals surface area contributed by atoms with Gasteiger partial charge in [-0.15, -0.1) is 0 Å². The number of nitrogens with one attached hydrogen (secondary N) is 3. The van der Waals surface area contributed by atoms with Crippen LogP contribution in [0.15, 0.2) is 53.4 Å². The van der Waals surface area contributed by atoms with Crippen molar-refractivity contribution in [2.45, 2.75) is 49.0 Å². The lowest BCUT2D eigenvalue weighted by Gasteiger charge is -2.56. The Morgan fingerprint density at radius 3 is 1.77 bits per heavy atom. The smallest absolute Gasteiger partial charge is 0.241 e. The predicted molar refractivity (Wildman–Crippen MR) is 129 cm³/mol. The fourth-order valence-corrected chi connectivity index (χ4v) is 7.92. The minimum atomic E-state index is -3.56. The van der Waals surface area contributed by atoms with Gasteiger partial charge in [0.05, 0.1) is 4.90 Å². The highest BCUT2D eigenvalue weighted by Gasteiger charge is 2.52. The molecule has 0 aromatic heterocycles. The van der Waals surface area contributed by atoms with E-state index in [0.29, 0.717) is 32.8 Å². The molecule has 0 amide bonds. The van der Waals surface area contributed by atoms with Crippen LogP contribution >= 0.6 is 23.8 Å². The van der Waals surface area contributed by atoms with Gasteiger partial charge in [-0.2, -0.15) is 0 Å². The van der Waals surface area contributed by atoms with Crippen LogP contribution in [0, 0.1) is 17.8 Å². The molecule has 4 aliphatic carbocycles. The first-order valence-electron chi connectivity index (χ1n) is 10.8. The van der Waals surface area contributed by atoms with Crippen LogP contribution in [0.25, 0.3) is 0 Å². The summed E-state index contributed by atoms with van der Waals surface area (Å²) in [4.78, 5) is 0.297. The van der Waals surface area contributed by atoms with E-state index >= 15 is 0 Å². The summed E-state index contributed by atoms with van der Waals surface area (Å²) in [5.41, 5.74) is 1.30. The van der Waals surface area contributed by atoms with Crippen molar-refractivity contribution in [2.75, 3.05) is 10.6 Å². The first kappa shape index (κ1) is 21.2. The number of halogens is 1. The summed E-state index contributed by atoms with van der Waals surface area (Å²) in [5, 5.41) is 7.24. The average molecular weight is 476 g/mol. The second-order valence-corrected chi connectivity index (χ2v) is 11.9. The van der Waals surface area contributed by atoms with Crippen molar-refractivity contribution in [3.8, 4) is 0 Å². The van der Waals surface area contributed by atoms with Gasteiger partial charge in [-0.05, 0) is 117 Å². The van der Waals surface area contributed by atoms with Crippen molar-refractivity contribution in [1.29, 1.82) is 0 Å². The van der Waals surface area contributed by atoms with Crippen molar-refractivity contribution in [1.82, 2.24) is 4.72 Å². The number of sulfonamides is 1. The topological polar surface area (TPSA) is 70.2 Å². The fourth-order valence-electron chi connectivity index (χ4n) is 6.12. The van der Waals surface area contributed by atoms with Crippen LogP contribution in [0.5, 0.6) is 0 Å². The second kappa shape index (κ2) is 8.03. The Kier molecular flexibility index (Phi) is 5.49. The Morgan fingerprint density at radius 1 is 0.839 bits per heavy atom. The zero-order valence-electron chi connectivity index (χ0n) is 17.1. The molecule has 3 N–H and O–H groups in total. The van der Waals surface area contributed by atoms with Gasteiger partial charge >= 0.3 is 0 Å². The Hall–Kier alpha value is -1.67. The summed E-state index contributed by atoms with van der Waals surface area (Å²) in [7, 11) is -3.56. The van der Waals surface area contributed by atoms with E-state index in [1.54, 1.807) is 36.4 Å². The molecule has 31 heavy (non-hydrogen) atoms. The molecule has 2 aromatic carbocycles. The van der Waals surface area contributed by atoms with Gasteiger partial charge in [0, 0.05) is 21.9 Å². The maximum Gasteiger partial charge on any atom is 0.241 e. The van der Waals surface area contributed by atoms with Crippen molar-refractivity contribution in [2.24, 2.45) is 17.8 Å². The van der Waals surface area contributed by atoms with E-state index in [-0.39, 0.29) is 5.54 Å². The molecule has 0 radical (unpaired) electrons. The van der Waals surface area contributed by atoms with Crippen LogP contribution in [0.4, 0.5) is 11.4 Å². The molecule has 8 heteroatoms. The zero-order valence-corrected chi connectivity index (χ0v) is 19.5. The van der Waals surface area contributed by atoms with Gasteiger partial charge in [-0.25, -0.2) is 13.1 Å². The number of anilines is 2. The largest absolute Gasteiger partial charge is 0.332 e. The van der Waals surface area contributed by atoms with Crippen LogP contribution in [0.3, 0.4) is 0 Å². The molecule has 0 atom stereocenters. The molecule has 4 saturated carbocycles. The molecule has 0 saturated heterocycles. The SMILES string of the molecule is O=S(=O)(NC12CC3CC(CC(C3)C1)C2)c1ccc(NC(=S)Nc2ccc(Cl)cc2)cc1. The molecule has 2 aromatic rings. The molecule has 4 bridgehead atoms. The first-order chi connectivity index (χ1) is 14.8. The molecule has 0 spiro atoms. The van der Waals surface area contributed by atoms with Crippen molar-refractivity contribution in [3.05, 3.63) is 53.6 Å². The van der Waals surface area contributed by atoms with Crippen LogP contribution in [-0.2, 0) is 10.0 Å². The number of hydrogen-bond donors (Lipinski definition) is 3. The summed E-state index contributed by atoms with van der Waals surface area (Å²) < 4.78 is 29.4. The number of benzene rings is 2. The molecular weight excluding hydrogens is 450 g/mol. The maximum atomic E-state index is 13.1. The molecule has 0 unspecified atom stereocenters. The first-order valence-corrected chi connectivity index (χ1v) is 13.0. The van der Waals surface area contributed by atoms with E-state index in [4.69, 9.17) is 23.8 Å². The Bertz CT molecular complexity index is 1050. The Balaban J connectivity index is 1.24. The van der Waals surface area contributed by atoms with E-state index in [1.807, 2.05) is 12.1 Å². The zero-order chi connectivity index (χ0) is 21.6. The van der Waals surface area contributed by atoms with Crippen LogP contribution in [0.1, 0.15) is 38.5 Å². The van der Waals surface area contributed by atoms with Crippen molar-refractivity contribution >= 4 is 50.3 Å². The molecule has 164 valence electrons. The quantitative estimate of drug-likeness (QED) is 0.505. The van der Waals surface area contributed by atoms with Gasteiger partial charge in [0.25, 0.3) is 0 Å². The minimum Gasteiger partial charge on any atom is -0.332 e.